The molecule has 2 amide bonds. The van der Waals surface area contributed by atoms with E-state index in [1.807, 2.05) is 60.7 Å². The Morgan fingerprint density at radius 3 is 2.37 bits per heavy atom. The van der Waals surface area contributed by atoms with Crippen LogP contribution in [0.4, 0.5) is 0 Å². The number of carbonyl (C=O) groups excluding carboxylic acids is 4. The van der Waals surface area contributed by atoms with E-state index in [-0.39, 0.29) is 44.7 Å². The van der Waals surface area contributed by atoms with Crippen LogP contribution in [0.25, 0.3) is 6.08 Å². The van der Waals surface area contributed by atoms with E-state index in [1.165, 1.54) is 0 Å². The van der Waals surface area contributed by atoms with E-state index in [0.717, 1.165) is 27.8 Å². The Morgan fingerprint density at radius 1 is 0.923 bits per heavy atom. The quantitative estimate of drug-likeness (QED) is 0.121. The van der Waals surface area contributed by atoms with Crippen LogP contribution in [0.15, 0.2) is 103 Å². The third-order valence-corrected chi connectivity index (χ3v) is 13.0. The number of ether oxygens (including phenoxy) is 4. The second-order valence-corrected chi connectivity index (χ2v) is 18.8. The van der Waals surface area contributed by atoms with Crippen molar-refractivity contribution in [2.45, 2.75) is 120 Å². The highest BCUT2D eigenvalue weighted by atomic mass is 16.8. The smallest absolute Gasteiger partial charge is 0.327 e. The number of carbonyl (C=O) groups is 4. The molecule has 1 saturated carbocycles. The van der Waals surface area contributed by atoms with Crippen LogP contribution in [-0.2, 0) is 70.5 Å². The molecule has 2 bridgehead atoms. The van der Waals surface area contributed by atoms with Gasteiger partial charge in [0.2, 0.25) is 5.91 Å². The Hall–Kier alpha value is -5.90. The number of hydrogen-bond donors (Lipinski definition) is 4. The molecule has 0 aromatic heterocycles. The van der Waals surface area contributed by atoms with E-state index < -0.39 is 77.1 Å². The number of esters is 2. The minimum absolute atomic E-state index is 0.0221. The Bertz CT molecular complexity index is 2460. The van der Waals surface area contributed by atoms with Crippen LogP contribution in [0.5, 0.6) is 5.75 Å². The Balaban J connectivity index is 0.928. The lowest BCUT2D eigenvalue weighted by molar-refractivity contribution is -0.217. The molecule has 5 aliphatic rings. The maximum absolute atomic E-state index is 15.0. The number of aromatic hydroxyl groups is 1. The lowest BCUT2D eigenvalue weighted by Gasteiger charge is -2.48. The van der Waals surface area contributed by atoms with Gasteiger partial charge in [0, 0.05) is 37.8 Å². The molecule has 4 aromatic carbocycles. The minimum Gasteiger partial charge on any atom is -0.508 e. The number of fused-ring (bicyclic) bond motifs is 5. The fraction of sp³-hybridized carbons (Fsp3) is 0.412. The monoisotopic (exact) mass is 885 g/mol. The van der Waals surface area contributed by atoms with Crippen LogP contribution in [0.1, 0.15) is 83.8 Å². The number of allylic oxidation sites excluding steroid dienone is 1. The second kappa shape index (κ2) is 17.8. The van der Waals surface area contributed by atoms with Crippen molar-refractivity contribution >= 4 is 29.8 Å². The Labute approximate surface area is 377 Å². The van der Waals surface area contributed by atoms with Crippen LogP contribution >= 0.6 is 0 Å². The van der Waals surface area contributed by atoms with E-state index >= 15 is 0 Å². The summed E-state index contributed by atoms with van der Waals surface area (Å²) < 4.78 is 25.2. The molecule has 4 N–H and O–H groups in total. The molecule has 9 rings (SSSR count). The molecule has 3 saturated heterocycles. The zero-order valence-electron chi connectivity index (χ0n) is 36.7. The van der Waals surface area contributed by atoms with Gasteiger partial charge in [-0.15, -0.1) is 0 Å². The highest BCUT2D eigenvalue weighted by Crippen LogP contribution is 2.58. The highest BCUT2D eigenvalue weighted by molar-refractivity contribution is 5.95. The number of nitrogens with one attached hydrogen (secondary N) is 2. The number of nitrogens with zero attached hydrogens (tertiary/aromatic N) is 1. The molecular weight excluding hydrogens is 831 g/mol. The van der Waals surface area contributed by atoms with Crippen molar-refractivity contribution in [2.75, 3.05) is 6.61 Å². The molecular formula is C51H55N3O11. The zero-order valence-corrected chi connectivity index (χ0v) is 36.7. The van der Waals surface area contributed by atoms with Gasteiger partial charge in [-0.25, -0.2) is 0 Å². The molecule has 0 radical (unpaired) electrons. The van der Waals surface area contributed by atoms with Gasteiger partial charge >= 0.3 is 11.9 Å². The first-order valence-electron chi connectivity index (χ1n) is 22.3. The number of phenolic OH excluding ortho intramolecular Hbond substituents is 1. The largest absolute Gasteiger partial charge is 0.508 e. The summed E-state index contributed by atoms with van der Waals surface area (Å²) in [7, 11) is 0. The second-order valence-electron chi connectivity index (χ2n) is 18.8. The molecule has 1 spiro atoms. The van der Waals surface area contributed by atoms with Crippen LogP contribution in [0.3, 0.4) is 0 Å². The zero-order chi connectivity index (χ0) is 45.5. The SMILES string of the molecule is CC(C)(C)OC(=O)CC[C@@H](CO)NC(=O)c1cccc(CNC(=O)[C@@]23C[C@H]4OC(=O)[C@@H]2N(Cc2ccc(C=CCc5ccccc5O)cc2)O[C@@H]3[C@H]2OC3(Cc5ccccc5C3)O[C@H]24)c1. The summed E-state index contributed by atoms with van der Waals surface area (Å²) in [5, 5.41) is 27.6. The number of rotatable bonds is 14. The van der Waals surface area contributed by atoms with Crippen molar-refractivity contribution in [1.29, 1.82) is 0 Å². The lowest BCUT2D eigenvalue weighted by atomic mass is 9.62. The van der Waals surface area contributed by atoms with E-state index in [4.69, 9.17) is 23.8 Å². The van der Waals surface area contributed by atoms with E-state index in [0.29, 0.717) is 30.4 Å². The van der Waals surface area contributed by atoms with E-state index in [2.05, 4.69) is 22.8 Å². The number of benzene rings is 4. The van der Waals surface area contributed by atoms with Crippen LogP contribution in [0.2, 0.25) is 0 Å². The van der Waals surface area contributed by atoms with Crippen molar-refractivity contribution in [2.24, 2.45) is 5.41 Å². The number of hydrogen-bond acceptors (Lipinski definition) is 12. The molecule has 0 unspecified atom stereocenters. The van der Waals surface area contributed by atoms with Gasteiger partial charge in [0.1, 0.15) is 41.2 Å². The number of aliphatic hydroxyl groups is 1. The number of hydroxylamine groups is 2. The fourth-order valence-electron chi connectivity index (χ4n) is 10.0. The average Bonchev–Trinajstić information content (AvgIpc) is 3.96. The van der Waals surface area contributed by atoms with Crippen LogP contribution < -0.4 is 10.6 Å². The Kier molecular flexibility index (Phi) is 12.1. The molecule has 3 aliphatic heterocycles. The average molecular weight is 886 g/mol. The molecule has 14 heteroatoms. The third-order valence-electron chi connectivity index (χ3n) is 13.0. The molecule has 2 aliphatic carbocycles. The normalized spacial score (nSPS) is 25.5. The van der Waals surface area contributed by atoms with Gasteiger partial charge in [-0.05, 0) is 85.2 Å². The Morgan fingerprint density at radius 2 is 1.65 bits per heavy atom. The van der Waals surface area contributed by atoms with Crippen LogP contribution in [0, 0.1) is 5.41 Å². The van der Waals surface area contributed by atoms with E-state index in [1.54, 1.807) is 62.2 Å². The first kappa shape index (κ1) is 44.3. The summed E-state index contributed by atoms with van der Waals surface area (Å²) in [6.07, 6.45) is 2.87. The summed E-state index contributed by atoms with van der Waals surface area (Å²) in [4.78, 5) is 61.7. The standard InChI is InChI=1S/C51H55N3O11/c1-49(2,3)62-41(57)23-22-38(30-55)53-46(58)35-16-9-11-33(24-35)28-52-48(60)51-27-40-42-43(64-50(63-42)25-36-13-4-5-14-37(36)26-50)45(51)65-54(44(51)47(59)61-40)29-32-20-18-31(19-21-32)10-8-15-34-12-6-7-17-39(34)56/h4-14,16-21,24,38,40,42-45,55-56H,15,22-23,25-30H2,1-3H3,(H,52,60)(H,53,58)/t38-,40+,42-,43-,44-,45+,51-/m0/s1. The molecule has 14 nitrogen and oxygen atoms in total. The number of phenols is 1. The topological polar surface area (TPSA) is 182 Å². The molecule has 7 atom stereocenters. The first-order valence-corrected chi connectivity index (χ1v) is 22.3. The van der Waals surface area contributed by atoms with Crippen molar-refractivity contribution in [3.05, 3.63) is 142 Å². The van der Waals surface area contributed by atoms with Gasteiger partial charge in [-0.3, -0.25) is 24.0 Å². The molecule has 65 heavy (non-hydrogen) atoms. The maximum atomic E-state index is 15.0. The van der Waals surface area contributed by atoms with Crippen molar-refractivity contribution in [1.82, 2.24) is 15.7 Å². The number of amides is 2. The third kappa shape index (κ3) is 9.06. The molecule has 4 fully saturated rings. The molecule has 3 heterocycles. The predicted octanol–water partition coefficient (Wildman–Crippen LogP) is 5.26. The van der Waals surface area contributed by atoms with Gasteiger partial charge in [0.05, 0.1) is 19.2 Å². The summed E-state index contributed by atoms with van der Waals surface area (Å²) in [5.74, 6) is -2.61. The van der Waals surface area contributed by atoms with Gasteiger partial charge in [-0.1, -0.05) is 91.0 Å². The van der Waals surface area contributed by atoms with Gasteiger partial charge < -0.3 is 39.8 Å². The summed E-state index contributed by atoms with van der Waals surface area (Å²) in [6.45, 7) is 5.16. The van der Waals surface area contributed by atoms with Crippen molar-refractivity contribution in [3.63, 3.8) is 0 Å². The van der Waals surface area contributed by atoms with Crippen molar-refractivity contribution < 1.29 is 53.2 Å². The molecule has 340 valence electrons. The van der Waals surface area contributed by atoms with Gasteiger partial charge in [0.25, 0.3) is 5.91 Å². The fourth-order valence-corrected chi connectivity index (χ4v) is 10.0. The number of para-hydroxylation sites is 1. The summed E-state index contributed by atoms with van der Waals surface area (Å²) >= 11 is 0. The predicted molar refractivity (Wildman–Crippen MR) is 236 cm³/mol. The number of aliphatic hydroxyl groups excluding tert-OH is 1. The highest BCUT2D eigenvalue weighted by Gasteiger charge is 2.76. The van der Waals surface area contributed by atoms with Crippen LogP contribution in [-0.4, -0.2) is 93.5 Å². The van der Waals surface area contributed by atoms with Gasteiger partial charge in [0.15, 0.2) is 11.8 Å². The van der Waals surface area contributed by atoms with Gasteiger partial charge in [-0.2, -0.15) is 5.06 Å². The summed E-state index contributed by atoms with van der Waals surface area (Å²) in [6, 6.07) is 28.1. The molecule has 4 aromatic rings. The summed E-state index contributed by atoms with van der Waals surface area (Å²) in [5.41, 5.74) is 3.73. The van der Waals surface area contributed by atoms with Crippen molar-refractivity contribution in [3.8, 4) is 5.75 Å². The minimum atomic E-state index is -1.41. The van der Waals surface area contributed by atoms with E-state index in [9.17, 15) is 29.4 Å². The lowest BCUT2D eigenvalue weighted by Crippen LogP contribution is -2.69. The maximum Gasteiger partial charge on any atom is 0.327 e. The first-order chi connectivity index (χ1) is 31.2.